The molecule has 0 spiro atoms. The summed E-state index contributed by atoms with van der Waals surface area (Å²) in [4.78, 5) is 18.3. The summed E-state index contributed by atoms with van der Waals surface area (Å²) >= 11 is 0. The molecule has 1 amide bonds. The van der Waals surface area contributed by atoms with Crippen molar-refractivity contribution in [1.82, 2.24) is 19.6 Å². The number of hydrogen-bond donors (Lipinski definition) is 0. The molecule has 0 N–H and O–H groups in total. The minimum absolute atomic E-state index is 0.0547. The molecule has 186 valence electrons. The molecule has 35 heavy (non-hydrogen) atoms. The van der Waals surface area contributed by atoms with Crippen molar-refractivity contribution in [3.8, 4) is 0 Å². The molecule has 1 saturated carbocycles. The van der Waals surface area contributed by atoms with Crippen LogP contribution < -0.4 is 0 Å². The molecule has 2 aromatic heterocycles. The highest BCUT2D eigenvalue weighted by atomic mass is 16.3. The number of amides is 1. The van der Waals surface area contributed by atoms with Crippen LogP contribution in [0, 0.1) is 19.8 Å². The Morgan fingerprint density at radius 1 is 1.09 bits per heavy atom. The summed E-state index contributed by atoms with van der Waals surface area (Å²) in [6.07, 6.45) is 6.90. The van der Waals surface area contributed by atoms with E-state index in [1.165, 1.54) is 16.8 Å². The Hall–Kier alpha value is -2.86. The molecule has 6 nitrogen and oxygen atoms in total. The lowest BCUT2D eigenvalue weighted by molar-refractivity contribution is 0.0453. The quantitative estimate of drug-likeness (QED) is 0.426. The van der Waals surface area contributed by atoms with E-state index in [1.807, 2.05) is 6.07 Å². The molecular weight excluding hydrogens is 436 g/mol. The second kappa shape index (κ2) is 10.4. The minimum atomic E-state index is 0.0547. The molecule has 5 rings (SSSR count). The first kappa shape index (κ1) is 23.9. The van der Waals surface area contributed by atoms with E-state index >= 15 is 0 Å². The van der Waals surface area contributed by atoms with Gasteiger partial charge in [-0.3, -0.25) is 14.4 Å². The predicted octanol–water partition coefficient (Wildman–Crippen LogP) is 5.24. The van der Waals surface area contributed by atoms with Crippen LogP contribution in [0.3, 0.4) is 0 Å². The number of rotatable bonds is 9. The normalized spacial score (nSPS) is 18.0. The molecular formula is C29H38N4O2. The Labute approximate surface area is 208 Å². The van der Waals surface area contributed by atoms with Crippen molar-refractivity contribution in [2.45, 2.75) is 78.0 Å². The lowest BCUT2D eigenvalue weighted by atomic mass is 9.84. The first-order valence-electron chi connectivity index (χ1n) is 13.2. The molecule has 1 aliphatic heterocycles. The van der Waals surface area contributed by atoms with E-state index < -0.39 is 0 Å². The number of carbonyl (C=O) groups excluding carboxylic acids is 1. The number of furan rings is 1. The van der Waals surface area contributed by atoms with E-state index in [4.69, 9.17) is 9.52 Å². The van der Waals surface area contributed by atoms with E-state index in [9.17, 15) is 4.79 Å². The molecule has 1 aliphatic carbocycles. The number of likely N-dealkylation sites (tertiary alicyclic amines) is 1. The van der Waals surface area contributed by atoms with Crippen LogP contribution in [0.5, 0.6) is 0 Å². The number of nitrogens with zero attached hydrogens (tertiary/aromatic N) is 4. The second-order valence-electron chi connectivity index (χ2n) is 10.3. The molecule has 6 heteroatoms. The van der Waals surface area contributed by atoms with E-state index in [1.54, 1.807) is 12.3 Å². The van der Waals surface area contributed by atoms with Gasteiger partial charge < -0.3 is 9.32 Å². The summed E-state index contributed by atoms with van der Waals surface area (Å²) < 4.78 is 7.66. The largest absolute Gasteiger partial charge is 0.459 e. The molecule has 3 aromatic rings. The number of aryl methyl sites for hydroxylation is 2. The van der Waals surface area contributed by atoms with Gasteiger partial charge in [-0.1, -0.05) is 30.3 Å². The fourth-order valence-electron chi connectivity index (χ4n) is 5.81. The van der Waals surface area contributed by atoms with Crippen LogP contribution in [0.15, 0.2) is 53.1 Å². The molecule has 0 unspecified atom stereocenters. The average Bonchev–Trinajstić information content (AvgIpc) is 3.48. The lowest BCUT2D eigenvalue weighted by Crippen LogP contribution is -2.50. The molecule has 1 saturated heterocycles. The Morgan fingerprint density at radius 2 is 1.83 bits per heavy atom. The SMILES string of the molecule is CCn1nc(C)c(CN2CCC([C@H](Cc3ccccc3)N(C(=O)c3ccco3)C3CC3)CC2)c1C. The van der Waals surface area contributed by atoms with E-state index in [-0.39, 0.29) is 11.9 Å². The Morgan fingerprint density at radius 3 is 2.43 bits per heavy atom. The van der Waals surface area contributed by atoms with E-state index in [0.717, 1.165) is 64.0 Å². The van der Waals surface area contributed by atoms with Crippen LogP contribution in [-0.4, -0.2) is 50.7 Å². The molecule has 2 fully saturated rings. The van der Waals surface area contributed by atoms with Crippen molar-refractivity contribution < 1.29 is 9.21 Å². The summed E-state index contributed by atoms with van der Waals surface area (Å²) in [5, 5.41) is 4.71. The number of benzene rings is 1. The minimum Gasteiger partial charge on any atom is -0.459 e. The van der Waals surface area contributed by atoms with Crippen LogP contribution in [0.25, 0.3) is 0 Å². The first-order chi connectivity index (χ1) is 17.0. The molecule has 0 radical (unpaired) electrons. The maximum atomic E-state index is 13.6. The van der Waals surface area contributed by atoms with Gasteiger partial charge in [0, 0.05) is 36.4 Å². The molecule has 1 atom stereocenters. The van der Waals surface area contributed by atoms with Crippen LogP contribution in [0.2, 0.25) is 0 Å². The first-order valence-corrected chi connectivity index (χ1v) is 13.2. The van der Waals surface area contributed by atoms with Gasteiger partial charge in [-0.2, -0.15) is 5.10 Å². The summed E-state index contributed by atoms with van der Waals surface area (Å²) in [5.74, 6) is 0.997. The summed E-state index contributed by atoms with van der Waals surface area (Å²) in [7, 11) is 0. The van der Waals surface area contributed by atoms with Crippen molar-refractivity contribution in [1.29, 1.82) is 0 Å². The Bertz CT molecular complexity index is 1110. The highest BCUT2D eigenvalue weighted by Crippen LogP contribution is 2.37. The van der Waals surface area contributed by atoms with Gasteiger partial charge in [-0.05, 0) is 89.6 Å². The monoisotopic (exact) mass is 474 g/mol. The van der Waals surface area contributed by atoms with Crippen LogP contribution in [-0.2, 0) is 19.5 Å². The fourth-order valence-corrected chi connectivity index (χ4v) is 5.81. The van der Waals surface area contributed by atoms with Gasteiger partial charge in [0.2, 0.25) is 0 Å². The number of carbonyl (C=O) groups is 1. The van der Waals surface area contributed by atoms with E-state index in [2.05, 4.69) is 65.6 Å². The zero-order valence-corrected chi connectivity index (χ0v) is 21.3. The van der Waals surface area contributed by atoms with Gasteiger partial charge in [0.1, 0.15) is 0 Å². The van der Waals surface area contributed by atoms with Crippen LogP contribution >= 0.6 is 0 Å². The summed E-state index contributed by atoms with van der Waals surface area (Å²) in [6.45, 7) is 10.5. The van der Waals surface area contributed by atoms with Gasteiger partial charge in [0.25, 0.3) is 5.91 Å². The highest BCUT2D eigenvalue weighted by molar-refractivity contribution is 5.92. The van der Waals surface area contributed by atoms with Gasteiger partial charge in [-0.15, -0.1) is 0 Å². The third kappa shape index (κ3) is 5.22. The molecule has 0 bridgehead atoms. The van der Waals surface area contributed by atoms with Crippen molar-refractivity contribution in [3.05, 3.63) is 77.0 Å². The number of piperidine rings is 1. The van der Waals surface area contributed by atoms with Crippen LogP contribution in [0.1, 0.15) is 65.7 Å². The number of aromatic nitrogens is 2. The predicted molar refractivity (Wildman–Crippen MR) is 137 cm³/mol. The van der Waals surface area contributed by atoms with Gasteiger partial charge in [-0.25, -0.2) is 0 Å². The lowest BCUT2D eigenvalue weighted by Gasteiger charge is -2.41. The number of hydrogen-bond acceptors (Lipinski definition) is 4. The highest BCUT2D eigenvalue weighted by Gasteiger charge is 2.42. The smallest absolute Gasteiger partial charge is 0.290 e. The Balaban J connectivity index is 1.33. The van der Waals surface area contributed by atoms with Gasteiger partial charge >= 0.3 is 0 Å². The van der Waals surface area contributed by atoms with Crippen molar-refractivity contribution >= 4 is 5.91 Å². The van der Waals surface area contributed by atoms with Crippen molar-refractivity contribution in [2.75, 3.05) is 13.1 Å². The maximum absolute atomic E-state index is 13.6. The summed E-state index contributed by atoms with van der Waals surface area (Å²) in [6, 6.07) is 14.8. The maximum Gasteiger partial charge on any atom is 0.290 e. The van der Waals surface area contributed by atoms with Crippen LogP contribution in [0.4, 0.5) is 0 Å². The van der Waals surface area contributed by atoms with Gasteiger partial charge in [0.15, 0.2) is 5.76 Å². The third-order valence-corrected chi connectivity index (χ3v) is 7.94. The molecule has 2 aliphatic rings. The second-order valence-corrected chi connectivity index (χ2v) is 10.3. The van der Waals surface area contributed by atoms with Crippen molar-refractivity contribution in [2.24, 2.45) is 5.92 Å². The zero-order valence-electron chi connectivity index (χ0n) is 21.3. The topological polar surface area (TPSA) is 54.5 Å². The van der Waals surface area contributed by atoms with Crippen molar-refractivity contribution in [3.63, 3.8) is 0 Å². The van der Waals surface area contributed by atoms with E-state index in [0.29, 0.717) is 17.7 Å². The van der Waals surface area contributed by atoms with Gasteiger partial charge in [0.05, 0.1) is 12.0 Å². The molecule has 1 aromatic carbocycles. The standard InChI is InChI=1S/C29H38N4O2/c1-4-32-22(3)26(21(2)30-32)20-31-16-14-24(15-17-31)27(19-23-9-6-5-7-10-23)33(25-12-13-25)29(34)28-11-8-18-35-28/h5-11,18,24-25,27H,4,12-17,19-20H2,1-3H3/t27-/m0/s1. The Kier molecular flexibility index (Phi) is 7.09. The third-order valence-electron chi connectivity index (χ3n) is 7.94. The molecule has 3 heterocycles. The summed E-state index contributed by atoms with van der Waals surface area (Å²) in [5.41, 5.74) is 5.12. The zero-order chi connectivity index (χ0) is 24.4. The fraction of sp³-hybridized carbons (Fsp3) is 0.517. The average molecular weight is 475 g/mol.